The van der Waals surface area contributed by atoms with Gasteiger partial charge < -0.3 is 10.6 Å². The van der Waals surface area contributed by atoms with Gasteiger partial charge in [0.2, 0.25) is 0 Å². The average molecular weight is 285 g/mol. The second kappa shape index (κ2) is 6.27. The fourth-order valence-corrected chi connectivity index (χ4v) is 1.06. The quantitative estimate of drug-likeness (QED) is 0.302. The van der Waals surface area contributed by atoms with Crippen LogP contribution >= 0.6 is 15.9 Å². The lowest BCUT2D eigenvalue weighted by molar-refractivity contribution is -0.142. The van der Waals surface area contributed by atoms with Gasteiger partial charge in [0.05, 0.1) is 0 Å². The Kier molecular flexibility index (Phi) is 4.98. The first kappa shape index (κ1) is 12.7. The number of carbonyl (C=O) groups is 1. The molecule has 0 spiro atoms. The molecule has 0 aliphatic rings. The lowest BCUT2D eigenvalue weighted by atomic mass is 10.2. The first-order valence-corrected chi connectivity index (χ1v) is 5.80. The van der Waals surface area contributed by atoms with Crippen molar-refractivity contribution in [2.24, 2.45) is 10.9 Å². The maximum atomic E-state index is 11.3. The highest BCUT2D eigenvalue weighted by Gasteiger charge is 2.14. The topological polar surface area (TPSA) is 64.7 Å². The highest BCUT2D eigenvalue weighted by Crippen LogP contribution is 2.07. The van der Waals surface area contributed by atoms with E-state index in [-0.39, 0.29) is 10.7 Å². The van der Waals surface area contributed by atoms with Crippen LogP contribution in [0.5, 0.6) is 0 Å². The summed E-state index contributed by atoms with van der Waals surface area (Å²) >= 11 is 3.16. The number of amidine groups is 1. The Morgan fingerprint density at radius 3 is 2.69 bits per heavy atom. The smallest absolute Gasteiger partial charge is 0.348 e. The first-order valence-electron chi connectivity index (χ1n) is 4.89. The number of hydrogen-bond acceptors (Lipinski definition) is 3. The summed E-state index contributed by atoms with van der Waals surface area (Å²) in [6, 6.07) is 9.11. The summed E-state index contributed by atoms with van der Waals surface area (Å²) in [5.74, 6) is -0.258. The van der Waals surface area contributed by atoms with Gasteiger partial charge in [-0.05, 0) is 6.42 Å². The van der Waals surface area contributed by atoms with E-state index < -0.39 is 5.97 Å². The third-order valence-electron chi connectivity index (χ3n) is 1.92. The highest BCUT2D eigenvalue weighted by molar-refractivity contribution is 9.10. The summed E-state index contributed by atoms with van der Waals surface area (Å²) in [5, 5.41) is 3.58. The Hall–Kier alpha value is -1.36. The van der Waals surface area contributed by atoms with Crippen LogP contribution in [0.15, 0.2) is 35.5 Å². The number of nitrogens with zero attached hydrogens (tertiary/aromatic N) is 1. The average Bonchev–Trinajstić information content (AvgIpc) is 2.35. The minimum absolute atomic E-state index is 0.185. The van der Waals surface area contributed by atoms with Crippen LogP contribution in [-0.2, 0) is 9.63 Å². The van der Waals surface area contributed by atoms with Gasteiger partial charge in [0.15, 0.2) is 5.84 Å². The molecule has 1 rings (SSSR count). The van der Waals surface area contributed by atoms with Crippen molar-refractivity contribution in [2.45, 2.75) is 18.2 Å². The van der Waals surface area contributed by atoms with Gasteiger partial charge in [0, 0.05) is 5.56 Å². The summed E-state index contributed by atoms with van der Waals surface area (Å²) < 4.78 is 0. The lowest BCUT2D eigenvalue weighted by Gasteiger charge is -2.03. The summed E-state index contributed by atoms with van der Waals surface area (Å²) in [4.78, 5) is 15.6. The first-order chi connectivity index (χ1) is 7.65. The van der Waals surface area contributed by atoms with Crippen molar-refractivity contribution in [1.82, 2.24) is 0 Å². The van der Waals surface area contributed by atoms with E-state index in [1.165, 1.54) is 0 Å². The SMILES string of the molecule is CCC(Br)C(=O)O/N=C(\N)c1ccccc1. The van der Waals surface area contributed by atoms with Crippen molar-refractivity contribution in [1.29, 1.82) is 0 Å². The van der Waals surface area contributed by atoms with Gasteiger partial charge in [0.25, 0.3) is 0 Å². The van der Waals surface area contributed by atoms with Crippen molar-refractivity contribution >= 4 is 27.7 Å². The molecule has 86 valence electrons. The van der Waals surface area contributed by atoms with Gasteiger partial charge in [-0.1, -0.05) is 58.3 Å². The molecule has 5 heteroatoms. The molecular weight excluding hydrogens is 272 g/mol. The molecule has 0 heterocycles. The molecule has 0 saturated carbocycles. The molecule has 0 aliphatic heterocycles. The Labute approximate surface area is 103 Å². The monoisotopic (exact) mass is 284 g/mol. The summed E-state index contributed by atoms with van der Waals surface area (Å²) in [5.41, 5.74) is 6.36. The molecule has 0 amide bonds. The maximum Gasteiger partial charge on any atom is 0.348 e. The third kappa shape index (κ3) is 3.66. The van der Waals surface area contributed by atoms with E-state index >= 15 is 0 Å². The summed E-state index contributed by atoms with van der Waals surface area (Å²) in [7, 11) is 0. The van der Waals surface area contributed by atoms with Crippen LogP contribution < -0.4 is 5.73 Å². The fourth-order valence-electron chi connectivity index (χ4n) is 0.980. The van der Waals surface area contributed by atoms with E-state index in [0.29, 0.717) is 6.42 Å². The van der Waals surface area contributed by atoms with Crippen LogP contribution in [0.3, 0.4) is 0 Å². The van der Waals surface area contributed by atoms with Gasteiger partial charge >= 0.3 is 5.97 Å². The molecule has 1 unspecified atom stereocenters. The zero-order valence-electron chi connectivity index (χ0n) is 8.89. The van der Waals surface area contributed by atoms with Gasteiger partial charge in [-0.2, -0.15) is 0 Å². The molecule has 0 aromatic heterocycles. The Morgan fingerprint density at radius 1 is 1.50 bits per heavy atom. The zero-order chi connectivity index (χ0) is 12.0. The number of rotatable bonds is 4. The molecule has 4 nitrogen and oxygen atoms in total. The van der Waals surface area contributed by atoms with Crippen LogP contribution in [0.1, 0.15) is 18.9 Å². The number of halogens is 1. The molecule has 16 heavy (non-hydrogen) atoms. The highest BCUT2D eigenvalue weighted by atomic mass is 79.9. The molecule has 0 bridgehead atoms. The molecule has 1 aromatic rings. The van der Waals surface area contributed by atoms with E-state index in [9.17, 15) is 4.79 Å². The molecule has 1 aromatic carbocycles. The number of carbonyl (C=O) groups excluding carboxylic acids is 1. The minimum Gasteiger partial charge on any atom is -0.380 e. The van der Waals surface area contributed by atoms with Gasteiger partial charge in [-0.15, -0.1) is 0 Å². The van der Waals surface area contributed by atoms with E-state index in [4.69, 9.17) is 5.73 Å². The number of benzene rings is 1. The molecular formula is C11H13BrN2O2. The minimum atomic E-state index is -0.443. The van der Waals surface area contributed by atoms with Crippen molar-refractivity contribution in [3.8, 4) is 0 Å². The van der Waals surface area contributed by atoms with Crippen molar-refractivity contribution < 1.29 is 9.63 Å². The van der Waals surface area contributed by atoms with Gasteiger partial charge in [-0.25, -0.2) is 4.79 Å². The number of hydrogen-bond donors (Lipinski definition) is 1. The van der Waals surface area contributed by atoms with E-state index in [0.717, 1.165) is 5.56 Å². The fraction of sp³-hybridized carbons (Fsp3) is 0.273. The van der Waals surface area contributed by atoms with Gasteiger partial charge in [-0.3, -0.25) is 0 Å². The number of oxime groups is 1. The molecule has 0 fully saturated rings. The van der Waals surface area contributed by atoms with Crippen LogP contribution in [0, 0.1) is 0 Å². The molecule has 0 saturated heterocycles. The Morgan fingerprint density at radius 2 is 2.12 bits per heavy atom. The lowest BCUT2D eigenvalue weighted by Crippen LogP contribution is -2.18. The zero-order valence-corrected chi connectivity index (χ0v) is 10.5. The second-order valence-electron chi connectivity index (χ2n) is 3.13. The molecule has 1 atom stereocenters. The maximum absolute atomic E-state index is 11.3. The second-order valence-corrected chi connectivity index (χ2v) is 4.23. The van der Waals surface area contributed by atoms with E-state index in [1.807, 2.05) is 25.1 Å². The number of nitrogens with two attached hydrogens (primary N) is 1. The molecule has 0 radical (unpaired) electrons. The van der Waals surface area contributed by atoms with Gasteiger partial charge in [0.1, 0.15) is 4.83 Å². The largest absolute Gasteiger partial charge is 0.380 e. The van der Waals surface area contributed by atoms with Crippen LogP contribution in [0.4, 0.5) is 0 Å². The van der Waals surface area contributed by atoms with E-state index in [2.05, 4.69) is 25.9 Å². The van der Waals surface area contributed by atoms with Crippen molar-refractivity contribution in [2.75, 3.05) is 0 Å². The summed E-state index contributed by atoms with van der Waals surface area (Å²) in [6.45, 7) is 1.87. The van der Waals surface area contributed by atoms with Crippen molar-refractivity contribution in [3.05, 3.63) is 35.9 Å². The standard InChI is InChI=1S/C11H13BrN2O2/c1-2-9(12)11(15)16-14-10(13)8-6-4-3-5-7-8/h3-7,9H,2H2,1H3,(H2,13,14). The predicted octanol–water partition coefficient (Wildman–Crippen LogP) is 2.02. The predicted molar refractivity (Wildman–Crippen MR) is 66.3 cm³/mol. The summed E-state index contributed by atoms with van der Waals surface area (Å²) in [6.07, 6.45) is 0.638. The molecule has 2 N–H and O–H groups in total. The number of alkyl halides is 1. The Balaban J connectivity index is 2.62. The van der Waals surface area contributed by atoms with Crippen molar-refractivity contribution in [3.63, 3.8) is 0 Å². The van der Waals surface area contributed by atoms with E-state index in [1.54, 1.807) is 12.1 Å². The molecule has 0 aliphatic carbocycles. The van der Waals surface area contributed by atoms with Crippen LogP contribution in [-0.4, -0.2) is 16.6 Å². The van der Waals surface area contributed by atoms with Crippen LogP contribution in [0.25, 0.3) is 0 Å². The third-order valence-corrected chi connectivity index (χ3v) is 2.94. The normalized spacial score (nSPS) is 13.2. The van der Waals surface area contributed by atoms with Crippen LogP contribution in [0.2, 0.25) is 0 Å². The Bertz CT molecular complexity index is 379.